The maximum atomic E-state index is 14.3. The number of carbonyl (C=O) groups excluding carboxylic acids is 1. The van der Waals surface area contributed by atoms with E-state index in [0.29, 0.717) is 13.0 Å². The minimum absolute atomic E-state index is 0.111. The van der Waals surface area contributed by atoms with Gasteiger partial charge in [0, 0.05) is 50.7 Å². The van der Waals surface area contributed by atoms with Crippen LogP contribution in [-0.4, -0.2) is 77.9 Å². The summed E-state index contributed by atoms with van der Waals surface area (Å²) < 4.78 is 14.3. The van der Waals surface area contributed by atoms with Gasteiger partial charge in [-0.05, 0) is 43.6 Å². The molecule has 4 heterocycles. The maximum absolute atomic E-state index is 14.3. The Balaban J connectivity index is 1.33. The van der Waals surface area contributed by atoms with Gasteiger partial charge in [-0.2, -0.15) is 0 Å². The lowest BCUT2D eigenvalue weighted by molar-refractivity contribution is -0.117. The van der Waals surface area contributed by atoms with Crippen LogP contribution in [0.15, 0.2) is 24.5 Å². The van der Waals surface area contributed by atoms with E-state index in [0.717, 1.165) is 68.6 Å². The third-order valence-electron chi connectivity index (χ3n) is 7.01. The number of rotatable bonds is 5. The molecule has 3 aliphatic heterocycles. The number of piperidine rings is 1. The molecule has 1 unspecified atom stereocenters. The lowest BCUT2D eigenvalue weighted by Crippen LogP contribution is -2.50. The number of carbonyl (C=O) groups is 1. The van der Waals surface area contributed by atoms with Crippen LogP contribution in [0.2, 0.25) is 5.02 Å². The van der Waals surface area contributed by atoms with E-state index in [4.69, 9.17) is 11.6 Å². The number of ketones is 1. The zero-order chi connectivity index (χ0) is 22.8. The van der Waals surface area contributed by atoms with Crippen LogP contribution in [0.5, 0.6) is 0 Å². The van der Waals surface area contributed by atoms with E-state index in [2.05, 4.69) is 30.0 Å². The fraction of sp³-hybridized carbons (Fsp3) is 0.542. The van der Waals surface area contributed by atoms with Crippen molar-refractivity contribution in [2.24, 2.45) is 0 Å². The Morgan fingerprint density at radius 2 is 1.85 bits per heavy atom. The highest BCUT2D eigenvalue weighted by Crippen LogP contribution is 2.31. The smallest absolute Gasteiger partial charge is 0.156 e. The van der Waals surface area contributed by atoms with E-state index in [1.54, 1.807) is 18.5 Å². The van der Waals surface area contributed by atoms with E-state index >= 15 is 0 Å². The average molecular weight is 473 g/mol. The van der Waals surface area contributed by atoms with Crippen molar-refractivity contribution in [2.45, 2.75) is 31.7 Å². The highest BCUT2D eigenvalue weighted by Gasteiger charge is 2.30. The molecular formula is C24H30ClFN6O. The second-order valence-corrected chi connectivity index (χ2v) is 9.57. The molecule has 0 radical (unpaired) electrons. The molecule has 5 rings (SSSR count). The highest BCUT2D eigenvalue weighted by atomic mass is 35.5. The first-order valence-corrected chi connectivity index (χ1v) is 12.2. The molecule has 33 heavy (non-hydrogen) atoms. The predicted octanol–water partition coefficient (Wildman–Crippen LogP) is 3.16. The monoisotopic (exact) mass is 472 g/mol. The summed E-state index contributed by atoms with van der Waals surface area (Å²) in [6, 6.07) is 5.34. The lowest BCUT2D eigenvalue weighted by atomic mass is 10.0. The fourth-order valence-corrected chi connectivity index (χ4v) is 5.33. The van der Waals surface area contributed by atoms with Crippen LogP contribution in [0.4, 0.5) is 16.0 Å². The average Bonchev–Trinajstić information content (AvgIpc) is 2.85. The lowest BCUT2D eigenvalue weighted by Gasteiger charge is -2.42. The van der Waals surface area contributed by atoms with Crippen molar-refractivity contribution < 1.29 is 9.18 Å². The number of hydrogen-bond acceptors (Lipinski definition) is 7. The van der Waals surface area contributed by atoms with E-state index in [-0.39, 0.29) is 22.7 Å². The quantitative estimate of drug-likeness (QED) is 0.717. The van der Waals surface area contributed by atoms with Crippen LogP contribution in [0, 0.1) is 5.82 Å². The largest absolute Gasteiger partial charge is 0.363 e. The van der Waals surface area contributed by atoms with Crippen LogP contribution in [0.1, 0.15) is 36.4 Å². The van der Waals surface area contributed by atoms with Crippen molar-refractivity contribution in [3.05, 3.63) is 46.5 Å². The normalized spacial score (nSPS) is 20.9. The third kappa shape index (κ3) is 4.98. The Kier molecular flexibility index (Phi) is 6.76. The molecule has 0 spiro atoms. The Morgan fingerprint density at radius 1 is 1.06 bits per heavy atom. The molecule has 0 amide bonds. The van der Waals surface area contributed by atoms with Gasteiger partial charge in [0.25, 0.3) is 0 Å². The number of benzene rings is 1. The van der Waals surface area contributed by atoms with Crippen LogP contribution in [0.3, 0.4) is 0 Å². The Bertz CT molecular complexity index is 1010. The molecule has 9 heteroatoms. The number of fused-ring (bicyclic) bond motifs is 1. The number of piperazine rings is 1. The number of Topliss-reactive ketones (excluding diaryl/α,β-unsaturated/α-hetero) is 1. The Labute approximate surface area is 198 Å². The molecule has 3 aliphatic rings. The number of aromatic nitrogens is 2. The van der Waals surface area contributed by atoms with Gasteiger partial charge in [-0.15, -0.1) is 0 Å². The van der Waals surface area contributed by atoms with Crippen LogP contribution < -0.4 is 10.2 Å². The molecule has 0 saturated carbocycles. The van der Waals surface area contributed by atoms with Gasteiger partial charge in [-0.3, -0.25) is 9.69 Å². The molecule has 7 nitrogen and oxygen atoms in total. The molecule has 0 aliphatic carbocycles. The first-order chi connectivity index (χ1) is 16.1. The minimum atomic E-state index is -0.360. The van der Waals surface area contributed by atoms with Crippen molar-refractivity contribution in [3.63, 3.8) is 0 Å². The predicted molar refractivity (Wildman–Crippen MR) is 127 cm³/mol. The van der Waals surface area contributed by atoms with Gasteiger partial charge < -0.3 is 15.1 Å². The summed E-state index contributed by atoms with van der Waals surface area (Å²) in [5, 5.41) is 3.27. The van der Waals surface area contributed by atoms with Crippen LogP contribution in [-0.2, 0) is 11.2 Å². The number of likely N-dealkylation sites (tertiary alicyclic amines) is 1. The second-order valence-electron chi connectivity index (χ2n) is 9.17. The van der Waals surface area contributed by atoms with E-state index < -0.39 is 0 Å². The van der Waals surface area contributed by atoms with Gasteiger partial charge in [-0.1, -0.05) is 24.1 Å². The van der Waals surface area contributed by atoms with Gasteiger partial charge in [0.15, 0.2) is 5.78 Å². The van der Waals surface area contributed by atoms with Crippen molar-refractivity contribution in [1.29, 1.82) is 0 Å². The third-order valence-corrected chi connectivity index (χ3v) is 7.32. The summed E-state index contributed by atoms with van der Waals surface area (Å²) in [5.41, 5.74) is 1.87. The molecule has 1 aromatic carbocycles. The summed E-state index contributed by atoms with van der Waals surface area (Å²) in [6.45, 7) is 6.68. The molecular weight excluding hydrogens is 443 g/mol. The first-order valence-electron chi connectivity index (χ1n) is 11.8. The summed E-state index contributed by atoms with van der Waals surface area (Å²) >= 11 is 5.97. The highest BCUT2D eigenvalue weighted by molar-refractivity contribution is 6.30. The van der Waals surface area contributed by atoms with Gasteiger partial charge in [0.05, 0.1) is 11.6 Å². The molecule has 1 aromatic heterocycles. The van der Waals surface area contributed by atoms with Crippen molar-refractivity contribution in [2.75, 3.05) is 62.6 Å². The van der Waals surface area contributed by atoms with E-state index in [1.165, 1.54) is 19.3 Å². The van der Waals surface area contributed by atoms with Crippen LogP contribution in [0.25, 0.3) is 0 Å². The fourth-order valence-electron chi connectivity index (χ4n) is 5.22. The number of nitrogens with one attached hydrogen (secondary N) is 1. The first kappa shape index (κ1) is 22.5. The topological polar surface area (TPSA) is 64.6 Å². The van der Waals surface area contributed by atoms with Gasteiger partial charge in [-0.25, -0.2) is 14.4 Å². The number of hydrogen-bond donors (Lipinski definition) is 1. The summed E-state index contributed by atoms with van der Waals surface area (Å²) in [4.78, 5) is 28.0. The van der Waals surface area contributed by atoms with E-state index in [1.807, 2.05) is 6.07 Å². The van der Waals surface area contributed by atoms with Crippen molar-refractivity contribution >= 4 is 29.0 Å². The summed E-state index contributed by atoms with van der Waals surface area (Å²) in [7, 11) is 0. The summed E-state index contributed by atoms with van der Waals surface area (Å²) in [6.07, 6.45) is 5.68. The number of halogens is 2. The molecule has 2 aromatic rings. The standard InChI is InChI=1S/C24H30ClFN6O/c25-20-5-4-17(12-21(20)26)22(15-30-6-2-1-3-7-30)31-8-10-32(11-9-31)24-19-13-18(33)14-27-23(19)28-16-29-24/h4-5,12,16,22H,1-3,6-11,13-15H2,(H,27,28,29). The second kappa shape index (κ2) is 9.91. The Morgan fingerprint density at radius 3 is 2.61 bits per heavy atom. The van der Waals surface area contributed by atoms with Crippen molar-refractivity contribution in [3.8, 4) is 0 Å². The zero-order valence-corrected chi connectivity index (χ0v) is 19.5. The SMILES string of the molecule is O=C1CNc2ncnc(N3CCN(C(CN4CCCCC4)c4ccc(Cl)c(F)c4)CC3)c2C1. The van der Waals surface area contributed by atoms with E-state index in [9.17, 15) is 9.18 Å². The van der Waals surface area contributed by atoms with Gasteiger partial charge in [0.2, 0.25) is 0 Å². The van der Waals surface area contributed by atoms with Gasteiger partial charge in [0.1, 0.15) is 23.8 Å². The molecule has 1 N–H and O–H groups in total. The molecule has 2 fully saturated rings. The molecule has 1 atom stereocenters. The molecule has 0 bridgehead atoms. The molecule has 2 saturated heterocycles. The molecule has 176 valence electrons. The van der Waals surface area contributed by atoms with Gasteiger partial charge >= 0.3 is 0 Å². The maximum Gasteiger partial charge on any atom is 0.156 e. The number of anilines is 2. The zero-order valence-electron chi connectivity index (χ0n) is 18.8. The minimum Gasteiger partial charge on any atom is -0.363 e. The Hall–Kier alpha value is -2.29. The number of nitrogens with zero attached hydrogens (tertiary/aromatic N) is 5. The summed E-state index contributed by atoms with van der Waals surface area (Å²) in [5.74, 6) is 1.41. The van der Waals surface area contributed by atoms with Crippen molar-refractivity contribution in [1.82, 2.24) is 19.8 Å². The van der Waals surface area contributed by atoms with Crippen LogP contribution >= 0.6 is 11.6 Å².